The largest absolute Gasteiger partial charge is 0.444 e. The third-order valence-corrected chi connectivity index (χ3v) is 4.52. The average Bonchev–Trinajstić information content (AvgIpc) is 3.17. The number of nitrogens with one attached hydrogen (secondary N) is 2. The fraction of sp³-hybridized carbons (Fsp3) is 0.238. The molecule has 0 unspecified atom stereocenters. The number of esters is 1. The van der Waals surface area contributed by atoms with Crippen molar-refractivity contribution in [2.45, 2.75) is 18.9 Å². The van der Waals surface area contributed by atoms with Crippen molar-refractivity contribution in [2.75, 3.05) is 18.5 Å². The first kappa shape index (κ1) is 20.1. The quantitative estimate of drug-likeness (QED) is 0.755. The summed E-state index contributed by atoms with van der Waals surface area (Å²) in [6, 6.07) is 14.3. The van der Waals surface area contributed by atoms with E-state index in [1.165, 1.54) is 7.05 Å². The van der Waals surface area contributed by atoms with E-state index in [9.17, 15) is 19.2 Å². The molecule has 4 amide bonds. The van der Waals surface area contributed by atoms with E-state index in [2.05, 4.69) is 10.6 Å². The van der Waals surface area contributed by atoms with E-state index in [0.29, 0.717) is 30.6 Å². The van der Waals surface area contributed by atoms with Crippen molar-refractivity contribution >= 4 is 29.5 Å². The van der Waals surface area contributed by atoms with Gasteiger partial charge in [-0.15, -0.1) is 0 Å². The zero-order valence-corrected chi connectivity index (χ0v) is 15.9. The molecule has 2 aromatic carbocycles. The molecule has 0 saturated carbocycles. The lowest BCUT2D eigenvalue weighted by molar-refractivity contribution is -0.129. The molecule has 2 aromatic rings. The summed E-state index contributed by atoms with van der Waals surface area (Å²) in [5.41, 5.74) is 1.03. The molecular formula is C21H21N3O5. The van der Waals surface area contributed by atoms with Gasteiger partial charge < -0.3 is 15.0 Å². The number of carbonyl (C=O) groups excluding carboxylic acids is 4. The summed E-state index contributed by atoms with van der Waals surface area (Å²) in [7, 11) is 1.37. The third kappa shape index (κ3) is 4.60. The fourth-order valence-electron chi connectivity index (χ4n) is 3.10. The number of hydrogen-bond donors (Lipinski definition) is 2. The molecule has 150 valence electrons. The van der Waals surface area contributed by atoms with Crippen molar-refractivity contribution in [2.24, 2.45) is 0 Å². The van der Waals surface area contributed by atoms with Gasteiger partial charge in [-0.2, -0.15) is 0 Å². The van der Waals surface area contributed by atoms with Crippen LogP contribution in [-0.2, 0) is 14.3 Å². The van der Waals surface area contributed by atoms with Gasteiger partial charge in [0.25, 0.3) is 5.91 Å². The Hall–Kier alpha value is -3.68. The van der Waals surface area contributed by atoms with Gasteiger partial charge in [-0.05, 0) is 18.6 Å². The highest BCUT2D eigenvalue weighted by molar-refractivity contribution is 6.04. The van der Waals surface area contributed by atoms with Crippen molar-refractivity contribution in [3.63, 3.8) is 0 Å². The Morgan fingerprint density at radius 3 is 2.38 bits per heavy atom. The monoisotopic (exact) mass is 395 g/mol. The first-order valence-electron chi connectivity index (χ1n) is 9.19. The highest BCUT2D eigenvalue weighted by Crippen LogP contribution is 2.28. The Morgan fingerprint density at radius 1 is 1.03 bits per heavy atom. The van der Waals surface area contributed by atoms with Crippen LogP contribution in [0.5, 0.6) is 0 Å². The maximum absolute atomic E-state index is 12.9. The first-order chi connectivity index (χ1) is 14.0. The molecule has 8 nitrogen and oxygen atoms in total. The Bertz CT molecular complexity index is 929. The normalized spacial score (nSPS) is 14.2. The second-order valence-electron chi connectivity index (χ2n) is 6.43. The molecule has 0 radical (unpaired) electrons. The molecule has 2 N–H and O–H groups in total. The van der Waals surface area contributed by atoms with E-state index in [1.807, 2.05) is 0 Å². The van der Waals surface area contributed by atoms with Crippen LogP contribution in [0.15, 0.2) is 54.6 Å². The number of anilines is 1. The van der Waals surface area contributed by atoms with Gasteiger partial charge >= 0.3 is 12.0 Å². The van der Waals surface area contributed by atoms with E-state index in [-0.39, 0.29) is 11.5 Å². The summed E-state index contributed by atoms with van der Waals surface area (Å²) in [5.74, 6) is -1.61. The average molecular weight is 395 g/mol. The molecule has 0 bridgehead atoms. The molecule has 0 aliphatic carbocycles. The van der Waals surface area contributed by atoms with Gasteiger partial charge in [-0.25, -0.2) is 9.59 Å². The molecule has 1 saturated heterocycles. The van der Waals surface area contributed by atoms with Crippen LogP contribution in [0.25, 0.3) is 0 Å². The molecule has 3 rings (SSSR count). The number of carbonyl (C=O) groups is 4. The van der Waals surface area contributed by atoms with Gasteiger partial charge in [0.15, 0.2) is 0 Å². The van der Waals surface area contributed by atoms with Crippen LogP contribution >= 0.6 is 0 Å². The number of hydrogen-bond acceptors (Lipinski definition) is 5. The Morgan fingerprint density at radius 2 is 1.72 bits per heavy atom. The minimum absolute atomic E-state index is 0.0674. The van der Waals surface area contributed by atoms with E-state index in [4.69, 9.17) is 4.74 Å². The number of urea groups is 1. The summed E-state index contributed by atoms with van der Waals surface area (Å²) in [6.45, 7) is 0.516. The maximum Gasteiger partial charge on any atom is 0.341 e. The molecule has 0 aromatic heterocycles. The number of nitrogens with zero attached hydrogens (tertiary/aromatic N) is 1. The molecule has 1 atom stereocenters. The molecule has 0 spiro atoms. The van der Waals surface area contributed by atoms with Crippen LogP contribution in [-0.4, -0.2) is 37.4 Å². The van der Waals surface area contributed by atoms with Gasteiger partial charge in [0.05, 0.1) is 11.3 Å². The lowest BCUT2D eigenvalue weighted by Crippen LogP contribution is -2.41. The summed E-state index contributed by atoms with van der Waals surface area (Å²) in [5, 5.41) is 4.41. The van der Waals surface area contributed by atoms with Crippen LogP contribution in [0.4, 0.5) is 10.5 Å². The molecule has 8 heteroatoms. The van der Waals surface area contributed by atoms with Crippen molar-refractivity contribution in [1.82, 2.24) is 10.6 Å². The zero-order chi connectivity index (χ0) is 20.8. The lowest BCUT2D eigenvalue weighted by Gasteiger charge is -2.21. The molecule has 29 heavy (non-hydrogen) atoms. The Labute approximate surface area is 167 Å². The SMILES string of the molecule is CNC(=O)NC(=O)[C@H](OC(=O)c1ccccc1N1CCCC1=O)c1ccccc1. The third-order valence-electron chi connectivity index (χ3n) is 4.52. The minimum Gasteiger partial charge on any atom is -0.444 e. The van der Waals surface area contributed by atoms with Crippen LogP contribution in [0.3, 0.4) is 0 Å². The van der Waals surface area contributed by atoms with Crippen molar-refractivity contribution in [3.05, 3.63) is 65.7 Å². The summed E-state index contributed by atoms with van der Waals surface area (Å²) < 4.78 is 5.50. The predicted octanol–water partition coefficient (Wildman–Crippen LogP) is 2.17. The number of benzene rings is 2. The molecule has 1 aliphatic heterocycles. The highest BCUT2D eigenvalue weighted by Gasteiger charge is 2.30. The summed E-state index contributed by atoms with van der Waals surface area (Å²) in [6.07, 6.45) is -0.197. The fourth-order valence-corrected chi connectivity index (χ4v) is 3.10. The second-order valence-corrected chi connectivity index (χ2v) is 6.43. The molecule has 1 fully saturated rings. The maximum atomic E-state index is 12.9. The smallest absolute Gasteiger partial charge is 0.341 e. The van der Waals surface area contributed by atoms with E-state index < -0.39 is 24.0 Å². The van der Waals surface area contributed by atoms with Crippen LogP contribution in [0, 0.1) is 0 Å². The Kier molecular flexibility index (Phi) is 6.23. The van der Waals surface area contributed by atoms with Gasteiger partial charge in [0.2, 0.25) is 12.0 Å². The van der Waals surface area contributed by atoms with E-state index >= 15 is 0 Å². The van der Waals surface area contributed by atoms with E-state index in [0.717, 1.165) is 0 Å². The number of rotatable bonds is 5. The van der Waals surface area contributed by atoms with Gasteiger partial charge in [0.1, 0.15) is 0 Å². The van der Waals surface area contributed by atoms with Gasteiger partial charge in [-0.1, -0.05) is 42.5 Å². The topological polar surface area (TPSA) is 105 Å². The van der Waals surface area contributed by atoms with Gasteiger partial charge in [-0.3, -0.25) is 14.9 Å². The molecule has 1 heterocycles. The Balaban J connectivity index is 1.88. The summed E-state index contributed by atoms with van der Waals surface area (Å²) >= 11 is 0. The van der Waals surface area contributed by atoms with Crippen LogP contribution in [0.1, 0.15) is 34.9 Å². The second kappa shape index (κ2) is 9.01. The number of ether oxygens (including phenoxy) is 1. The molecule has 1 aliphatic rings. The standard InChI is InChI=1S/C21H21N3O5/c1-22-21(28)23-19(26)18(14-8-3-2-4-9-14)29-20(27)15-10-5-6-11-16(15)24-13-7-12-17(24)25/h2-6,8-11,18H,7,12-13H2,1H3,(H2,22,23,26,28)/t18-/m1/s1. The van der Waals surface area contributed by atoms with Gasteiger partial charge in [0, 0.05) is 25.6 Å². The first-order valence-corrected chi connectivity index (χ1v) is 9.19. The van der Waals surface area contributed by atoms with Crippen molar-refractivity contribution in [3.8, 4) is 0 Å². The highest BCUT2D eigenvalue weighted by atomic mass is 16.5. The lowest BCUT2D eigenvalue weighted by atomic mass is 10.1. The minimum atomic E-state index is -1.33. The van der Waals surface area contributed by atoms with Crippen LogP contribution < -0.4 is 15.5 Å². The van der Waals surface area contributed by atoms with E-state index in [1.54, 1.807) is 59.5 Å². The number of para-hydroxylation sites is 1. The zero-order valence-electron chi connectivity index (χ0n) is 15.9. The van der Waals surface area contributed by atoms with Crippen molar-refractivity contribution in [1.29, 1.82) is 0 Å². The van der Waals surface area contributed by atoms with Crippen LogP contribution in [0.2, 0.25) is 0 Å². The predicted molar refractivity (Wildman–Crippen MR) is 105 cm³/mol. The summed E-state index contributed by atoms with van der Waals surface area (Å²) in [4.78, 5) is 50.7. The number of amides is 4. The van der Waals surface area contributed by atoms with Crippen molar-refractivity contribution < 1.29 is 23.9 Å². The molecular weight excluding hydrogens is 374 g/mol. The number of imide groups is 1.